The minimum Gasteiger partial charge on any atom is -0.306 e. The van der Waals surface area contributed by atoms with E-state index in [0.29, 0.717) is 11.3 Å². The molecule has 0 amide bonds. The van der Waals surface area contributed by atoms with E-state index in [4.69, 9.17) is 0 Å². The summed E-state index contributed by atoms with van der Waals surface area (Å²) >= 11 is 0. The van der Waals surface area contributed by atoms with Gasteiger partial charge in [0.15, 0.2) is 0 Å². The van der Waals surface area contributed by atoms with Crippen LogP contribution in [0.2, 0.25) is 0 Å². The zero-order chi connectivity index (χ0) is 18.0. The lowest BCUT2D eigenvalue weighted by atomic mass is 9.78. The number of rotatable bonds is 6. The fraction of sp³-hybridized carbons (Fsp3) is 0.714. The fourth-order valence-electron chi connectivity index (χ4n) is 2.80. The summed E-state index contributed by atoms with van der Waals surface area (Å²) in [6.45, 7) is 18.4. The number of aryl methyl sites for hydroxylation is 1. The third-order valence-corrected chi connectivity index (χ3v) is 4.66. The van der Waals surface area contributed by atoms with Crippen LogP contribution in [0.5, 0.6) is 0 Å². The van der Waals surface area contributed by atoms with E-state index in [-0.39, 0.29) is 0 Å². The summed E-state index contributed by atoms with van der Waals surface area (Å²) in [5, 5.41) is 0. The van der Waals surface area contributed by atoms with E-state index in [1.54, 1.807) is 0 Å². The van der Waals surface area contributed by atoms with Gasteiger partial charge in [-0.15, -0.1) is 9.24 Å². The topological polar surface area (TPSA) is 3.24 Å². The van der Waals surface area contributed by atoms with E-state index < -0.39 is 0 Å². The molecule has 0 spiro atoms. The molecule has 1 aromatic rings. The molecule has 134 valence electrons. The molecule has 23 heavy (non-hydrogen) atoms. The van der Waals surface area contributed by atoms with Crippen molar-refractivity contribution in [3.63, 3.8) is 0 Å². The van der Waals surface area contributed by atoms with Crippen LogP contribution in [0.25, 0.3) is 0 Å². The molecular weight excluding hydrogens is 297 g/mol. The molecule has 1 aromatic carbocycles. The molecule has 0 fully saturated rings. The average molecular weight is 338 g/mol. The summed E-state index contributed by atoms with van der Waals surface area (Å²) in [5.41, 5.74) is 3.28. The second-order valence-electron chi connectivity index (χ2n) is 8.13. The maximum absolute atomic E-state index is 2.71. The zero-order valence-electron chi connectivity index (χ0n) is 16.8. The van der Waals surface area contributed by atoms with Gasteiger partial charge in [0.25, 0.3) is 0 Å². The van der Waals surface area contributed by atoms with Gasteiger partial charge in [-0.05, 0) is 55.9 Å². The molecule has 1 rings (SSSR count). The quantitative estimate of drug-likeness (QED) is 0.577. The van der Waals surface area contributed by atoms with Crippen molar-refractivity contribution in [2.45, 2.75) is 60.8 Å². The van der Waals surface area contributed by atoms with Crippen molar-refractivity contribution in [2.24, 2.45) is 11.3 Å². The van der Waals surface area contributed by atoms with E-state index in [9.17, 15) is 0 Å². The maximum Gasteiger partial charge on any atom is 0.00128 e. The highest BCUT2D eigenvalue weighted by Crippen LogP contribution is 2.33. The maximum atomic E-state index is 2.71. The predicted octanol–water partition coefficient (Wildman–Crippen LogP) is 5.98. The molecule has 0 aliphatic carbocycles. The largest absolute Gasteiger partial charge is 0.306 e. The van der Waals surface area contributed by atoms with Crippen LogP contribution in [-0.4, -0.2) is 31.2 Å². The Balaban J connectivity index is 0.000000585. The standard InChI is InChI=1S/C16H26.C5H14NP/c1-12-8-7-9-15(10-12)14(3)13(2)11-16(4,5)6;1-3-6(2)4-5-7/h7-10,13-14H,11H2,1-6H3;3-5,7H2,1-2H3. The summed E-state index contributed by atoms with van der Waals surface area (Å²) in [4.78, 5) is 2.28. The van der Waals surface area contributed by atoms with Crippen molar-refractivity contribution in [3.05, 3.63) is 35.4 Å². The zero-order valence-corrected chi connectivity index (χ0v) is 18.0. The van der Waals surface area contributed by atoms with Crippen LogP contribution < -0.4 is 0 Å². The molecule has 0 aliphatic rings. The van der Waals surface area contributed by atoms with Crippen molar-refractivity contribution < 1.29 is 0 Å². The number of nitrogens with zero attached hydrogens (tertiary/aromatic N) is 1. The van der Waals surface area contributed by atoms with Crippen molar-refractivity contribution in [2.75, 3.05) is 26.3 Å². The highest BCUT2D eigenvalue weighted by Gasteiger charge is 2.20. The van der Waals surface area contributed by atoms with Crippen molar-refractivity contribution in [3.8, 4) is 0 Å². The van der Waals surface area contributed by atoms with Gasteiger partial charge < -0.3 is 4.90 Å². The molecule has 3 unspecified atom stereocenters. The highest BCUT2D eigenvalue weighted by molar-refractivity contribution is 7.16. The minimum absolute atomic E-state index is 0.428. The molecular formula is C21H40NP. The molecule has 1 nitrogen and oxygen atoms in total. The second-order valence-corrected chi connectivity index (χ2v) is 8.71. The van der Waals surface area contributed by atoms with Crippen LogP contribution >= 0.6 is 9.24 Å². The van der Waals surface area contributed by atoms with Crippen molar-refractivity contribution >= 4 is 9.24 Å². The highest BCUT2D eigenvalue weighted by atomic mass is 31.0. The second kappa shape index (κ2) is 11.2. The van der Waals surface area contributed by atoms with Gasteiger partial charge >= 0.3 is 0 Å². The Kier molecular flexibility index (Phi) is 11.0. The molecule has 2 heteroatoms. The number of benzene rings is 1. The van der Waals surface area contributed by atoms with Crippen LogP contribution in [0, 0.1) is 18.3 Å². The smallest absolute Gasteiger partial charge is 0.00128 e. The van der Waals surface area contributed by atoms with Gasteiger partial charge in [-0.3, -0.25) is 0 Å². The Labute approximate surface area is 148 Å². The van der Waals surface area contributed by atoms with Gasteiger partial charge in [-0.25, -0.2) is 0 Å². The first kappa shape index (κ1) is 22.6. The normalized spacial score (nSPS) is 14.2. The first-order chi connectivity index (χ1) is 10.6. The van der Waals surface area contributed by atoms with Gasteiger partial charge in [-0.2, -0.15) is 0 Å². The van der Waals surface area contributed by atoms with Crippen molar-refractivity contribution in [1.82, 2.24) is 4.90 Å². The number of hydrogen-bond donors (Lipinski definition) is 0. The summed E-state index contributed by atoms with van der Waals surface area (Å²) in [7, 11) is 4.84. The summed E-state index contributed by atoms with van der Waals surface area (Å²) in [6.07, 6.45) is 2.46. The summed E-state index contributed by atoms with van der Waals surface area (Å²) in [5.74, 6) is 1.39. The molecule has 0 aliphatic heterocycles. The average Bonchev–Trinajstić information content (AvgIpc) is 2.45. The van der Waals surface area contributed by atoms with Gasteiger partial charge in [0.05, 0.1) is 0 Å². The Morgan fingerprint density at radius 2 is 1.78 bits per heavy atom. The first-order valence-corrected chi connectivity index (χ1v) is 9.87. The van der Waals surface area contributed by atoms with Crippen LogP contribution in [-0.2, 0) is 0 Å². The lowest BCUT2D eigenvalue weighted by molar-refractivity contribution is 0.283. The minimum atomic E-state index is 0.428. The van der Waals surface area contributed by atoms with Crippen molar-refractivity contribution in [1.29, 1.82) is 0 Å². The van der Waals surface area contributed by atoms with Gasteiger partial charge in [0.1, 0.15) is 0 Å². The Hall–Kier alpha value is -0.390. The third-order valence-electron chi connectivity index (χ3n) is 4.41. The van der Waals surface area contributed by atoms with Gasteiger partial charge in [0.2, 0.25) is 0 Å². The lowest BCUT2D eigenvalue weighted by Crippen LogP contribution is -2.19. The Bertz CT molecular complexity index is 422. The molecule has 0 aromatic heterocycles. The number of hydrogen-bond acceptors (Lipinski definition) is 1. The fourth-order valence-corrected chi connectivity index (χ4v) is 3.24. The lowest BCUT2D eigenvalue weighted by Gasteiger charge is -2.28. The Morgan fingerprint density at radius 1 is 1.17 bits per heavy atom. The molecule has 0 saturated heterocycles. The van der Waals surface area contributed by atoms with Gasteiger partial charge in [-0.1, -0.05) is 71.4 Å². The molecule has 0 saturated carbocycles. The summed E-state index contributed by atoms with van der Waals surface area (Å²) < 4.78 is 0. The van der Waals surface area contributed by atoms with Gasteiger partial charge in [0, 0.05) is 6.54 Å². The monoisotopic (exact) mass is 337 g/mol. The van der Waals surface area contributed by atoms with Crippen LogP contribution in [0.1, 0.15) is 65.0 Å². The first-order valence-electron chi connectivity index (χ1n) is 9.05. The van der Waals surface area contributed by atoms with E-state index in [2.05, 4.69) is 93.9 Å². The van der Waals surface area contributed by atoms with Crippen LogP contribution in [0.3, 0.4) is 0 Å². The van der Waals surface area contributed by atoms with E-state index in [1.807, 2.05) is 0 Å². The van der Waals surface area contributed by atoms with E-state index in [0.717, 1.165) is 12.5 Å². The molecule has 0 heterocycles. The molecule has 0 N–H and O–H groups in total. The summed E-state index contributed by atoms with van der Waals surface area (Å²) in [6, 6.07) is 8.93. The van der Waals surface area contributed by atoms with E-state index >= 15 is 0 Å². The predicted molar refractivity (Wildman–Crippen MR) is 111 cm³/mol. The Morgan fingerprint density at radius 3 is 2.17 bits per heavy atom. The molecule has 0 radical (unpaired) electrons. The SMILES string of the molecule is CCN(C)CCP.Cc1cccc(C(C)C(C)CC(C)(C)C)c1. The molecule has 3 atom stereocenters. The molecule has 0 bridgehead atoms. The van der Waals surface area contributed by atoms with E-state index in [1.165, 1.54) is 30.3 Å². The van der Waals surface area contributed by atoms with Crippen LogP contribution in [0.4, 0.5) is 0 Å². The van der Waals surface area contributed by atoms with Crippen LogP contribution in [0.15, 0.2) is 24.3 Å². The third kappa shape index (κ3) is 10.9.